The molecule has 1 aliphatic heterocycles. The van der Waals surface area contributed by atoms with Crippen molar-refractivity contribution in [3.8, 4) is 17.2 Å². The Labute approximate surface area is 148 Å². The number of nitrogens with zero attached hydrogens (tertiary/aromatic N) is 2. The monoisotopic (exact) mass is 349 g/mol. The van der Waals surface area contributed by atoms with Crippen LogP contribution in [0.5, 0.6) is 17.2 Å². The molecule has 0 atom stereocenters. The van der Waals surface area contributed by atoms with E-state index in [9.17, 15) is 0 Å². The van der Waals surface area contributed by atoms with E-state index < -0.39 is 0 Å². The van der Waals surface area contributed by atoms with Crippen molar-refractivity contribution in [3.63, 3.8) is 0 Å². The molecule has 7 heteroatoms. The van der Waals surface area contributed by atoms with E-state index in [0.29, 0.717) is 41.7 Å². The van der Waals surface area contributed by atoms with Crippen LogP contribution in [0.4, 0.5) is 11.5 Å². The molecule has 26 heavy (non-hydrogen) atoms. The largest absolute Gasteiger partial charge is 0.493 e. The highest BCUT2D eigenvalue weighted by Gasteiger charge is 2.17. The number of furan rings is 1. The zero-order valence-corrected chi connectivity index (χ0v) is 14.0. The van der Waals surface area contributed by atoms with Crippen molar-refractivity contribution in [2.75, 3.05) is 25.6 Å². The zero-order chi connectivity index (χ0) is 17.5. The van der Waals surface area contributed by atoms with Gasteiger partial charge in [-0.1, -0.05) is 6.07 Å². The van der Waals surface area contributed by atoms with Crippen molar-refractivity contribution < 1.29 is 18.6 Å². The molecule has 0 unspecified atom stereocenters. The van der Waals surface area contributed by atoms with Crippen LogP contribution in [0.1, 0.15) is 0 Å². The van der Waals surface area contributed by atoms with Crippen LogP contribution in [-0.4, -0.2) is 30.3 Å². The average Bonchev–Trinajstić information content (AvgIpc) is 3.08. The van der Waals surface area contributed by atoms with Gasteiger partial charge in [-0.15, -0.1) is 0 Å². The lowest BCUT2D eigenvalue weighted by Gasteiger charge is -2.19. The Hall–Kier alpha value is -3.48. The van der Waals surface area contributed by atoms with Gasteiger partial charge in [0.25, 0.3) is 0 Å². The van der Waals surface area contributed by atoms with Crippen LogP contribution < -0.4 is 19.5 Å². The summed E-state index contributed by atoms with van der Waals surface area (Å²) in [6.07, 6.45) is 1.51. The minimum absolute atomic E-state index is 0.539. The average molecular weight is 349 g/mol. The minimum atomic E-state index is 0.539. The lowest BCUT2D eigenvalue weighted by molar-refractivity contribution is 0.171. The van der Waals surface area contributed by atoms with Gasteiger partial charge in [0, 0.05) is 11.8 Å². The zero-order valence-electron chi connectivity index (χ0n) is 14.0. The number of methoxy groups -OCH3 is 1. The Kier molecular flexibility index (Phi) is 3.31. The van der Waals surface area contributed by atoms with Crippen molar-refractivity contribution >= 4 is 33.6 Å². The highest BCUT2D eigenvalue weighted by molar-refractivity contribution is 6.07. The van der Waals surface area contributed by atoms with Gasteiger partial charge in [-0.3, -0.25) is 0 Å². The van der Waals surface area contributed by atoms with Gasteiger partial charge >= 0.3 is 0 Å². The van der Waals surface area contributed by atoms with E-state index in [0.717, 1.165) is 22.3 Å². The van der Waals surface area contributed by atoms with Crippen LogP contribution in [0.3, 0.4) is 0 Å². The summed E-state index contributed by atoms with van der Waals surface area (Å²) in [6.45, 7) is 1.10. The first-order chi connectivity index (χ1) is 12.8. The van der Waals surface area contributed by atoms with Gasteiger partial charge in [-0.2, -0.15) is 0 Å². The maximum Gasteiger partial charge on any atom is 0.196 e. The number of para-hydroxylation sites is 1. The molecule has 0 radical (unpaired) electrons. The van der Waals surface area contributed by atoms with Crippen LogP contribution in [0.2, 0.25) is 0 Å². The molecule has 2 aromatic heterocycles. The van der Waals surface area contributed by atoms with Gasteiger partial charge < -0.3 is 23.9 Å². The Balaban J connectivity index is 1.61. The quantitative estimate of drug-likeness (QED) is 0.601. The van der Waals surface area contributed by atoms with E-state index >= 15 is 0 Å². The molecule has 2 aromatic carbocycles. The molecule has 0 amide bonds. The van der Waals surface area contributed by atoms with Crippen molar-refractivity contribution in [1.29, 1.82) is 0 Å². The van der Waals surface area contributed by atoms with Gasteiger partial charge in [-0.25, -0.2) is 9.97 Å². The van der Waals surface area contributed by atoms with Crippen LogP contribution in [0.15, 0.2) is 47.1 Å². The molecule has 0 saturated heterocycles. The molecule has 4 aromatic rings. The van der Waals surface area contributed by atoms with Gasteiger partial charge in [0.05, 0.1) is 12.5 Å². The summed E-state index contributed by atoms with van der Waals surface area (Å²) >= 11 is 0. The van der Waals surface area contributed by atoms with E-state index in [2.05, 4.69) is 15.3 Å². The molecule has 3 heterocycles. The molecule has 5 rings (SSSR count). The second-order valence-corrected chi connectivity index (χ2v) is 5.82. The van der Waals surface area contributed by atoms with Crippen LogP contribution in [-0.2, 0) is 0 Å². The fraction of sp³-hybridized carbons (Fsp3) is 0.158. The maximum atomic E-state index is 6.02. The molecule has 0 bridgehead atoms. The Bertz CT molecular complexity index is 1120. The molecule has 0 fully saturated rings. The molecule has 0 aliphatic carbocycles. The molecular formula is C19H15N3O4. The number of anilines is 2. The summed E-state index contributed by atoms with van der Waals surface area (Å²) in [5.74, 6) is 2.68. The van der Waals surface area contributed by atoms with Crippen molar-refractivity contribution in [3.05, 3.63) is 42.7 Å². The standard InChI is InChI=1S/C19H15N3O4/c1-23-14-4-2-3-12-16-18(26-17(12)14)19(21-10-20-16)22-11-5-6-13-15(9-11)25-8-7-24-13/h2-6,9-10H,7-8H2,1H3,(H,20,21,22). The summed E-state index contributed by atoms with van der Waals surface area (Å²) < 4.78 is 22.6. The maximum absolute atomic E-state index is 6.02. The number of hydrogen-bond acceptors (Lipinski definition) is 7. The predicted molar refractivity (Wildman–Crippen MR) is 96.6 cm³/mol. The Morgan fingerprint density at radius 1 is 1.00 bits per heavy atom. The smallest absolute Gasteiger partial charge is 0.196 e. The lowest BCUT2D eigenvalue weighted by atomic mass is 10.2. The van der Waals surface area contributed by atoms with Crippen molar-refractivity contribution in [2.24, 2.45) is 0 Å². The second kappa shape index (κ2) is 5.80. The first kappa shape index (κ1) is 14.8. The van der Waals surface area contributed by atoms with Crippen molar-refractivity contribution in [2.45, 2.75) is 0 Å². The highest BCUT2D eigenvalue weighted by atomic mass is 16.6. The number of benzene rings is 2. The Morgan fingerprint density at radius 3 is 2.77 bits per heavy atom. The minimum Gasteiger partial charge on any atom is -0.493 e. The van der Waals surface area contributed by atoms with Crippen LogP contribution >= 0.6 is 0 Å². The van der Waals surface area contributed by atoms with Crippen molar-refractivity contribution in [1.82, 2.24) is 9.97 Å². The summed E-state index contributed by atoms with van der Waals surface area (Å²) in [4.78, 5) is 8.71. The summed E-state index contributed by atoms with van der Waals surface area (Å²) in [7, 11) is 1.61. The number of fused-ring (bicyclic) bond motifs is 4. The fourth-order valence-corrected chi connectivity index (χ4v) is 3.08. The molecule has 7 nitrogen and oxygen atoms in total. The first-order valence-electron chi connectivity index (χ1n) is 8.20. The third-order valence-corrected chi connectivity index (χ3v) is 4.27. The summed E-state index contributed by atoms with van der Waals surface area (Å²) in [5.41, 5.74) is 2.77. The molecule has 1 aliphatic rings. The third kappa shape index (κ3) is 2.28. The summed E-state index contributed by atoms with van der Waals surface area (Å²) in [6, 6.07) is 11.4. The summed E-state index contributed by atoms with van der Waals surface area (Å²) in [5, 5.41) is 4.16. The van der Waals surface area contributed by atoms with E-state index in [1.807, 2.05) is 36.4 Å². The SMILES string of the molecule is COc1cccc2c1oc1c(Nc3ccc4c(c3)OCCO4)ncnc12. The first-order valence-corrected chi connectivity index (χ1v) is 8.20. The third-order valence-electron chi connectivity index (χ3n) is 4.27. The highest BCUT2D eigenvalue weighted by Crippen LogP contribution is 2.38. The predicted octanol–water partition coefficient (Wildman–Crippen LogP) is 3.90. The van der Waals surface area contributed by atoms with E-state index in [1.165, 1.54) is 6.33 Å². The number of nitrogens with one attached hydrogen (secondary N) is 1. The number of aromatic nitrogens is 2. The molecular weight excluding hydrogens is 334 g/mol. The fourth-order valence-electron chi connectivity index (χ4n) is 3.08. The van der Waals surface area contributed by atoms with Crippen LogP contribution in [0.25, 0.3) is 22.1 Å². The van der Waals surface area contributed by atoms with E-state index in [-0.39, 0.29) is 0 Å². The molecule has 0 saturated carbocycles. The molecule has 130 valence electrons. The second-order valence-electron chi connectivity index (χ2n) is 5.82. The Morgan fingerprint density at radius 2 is 1.88 bits per heavy atom. The van der Waals surface area contributed by atoms with Gasteiger partial charge in [0.1, 0.15) is 25.1 Å². The van der Waals surface area contributed by atoms with Gasteiger partial charge in [-0.05, 0) is 24.3 Å². The normalized spacial score (nSPS) is 13.1. The lowest BCUT2D eigenvalue weighted by Crippen LogP contribution is -2.15. The van der Waals surface area contributed by atoms with E-state index in [4.69, 9.17) is 18.6 Å². The number of hydrogen-bond donors (Lipinski definition) is 1. The van der Waals surface area contributed by atoms with Crippen LogP contribution in [0, 0.1) is 0 Å². The topological polar surface area (TPSA) is 78.6 Å². The van der Waals surface area contributed by atoms with E-state index in [1.54, 1.807) is 7.11 Å². The molecule has 0 spiro atoms. The number of rotatable bonds is 3. The van der Waals surface area contributed by atoms with Gasteiger partial charge in [0.15, 0.2) is 34.2 Å². The number of ether oxygens (including phenoxy) is 3. The molecule has 1 N–H and O–H groups in total. The van der Waals surface area contributed by atoms with Gasteiger partial charge in [0.2, 0.25) is 0 Å².